The lowest BCUT2D eigenvalue weighted by Crippen LogP contribution is -2.50. The highest BCUT2D eigenvalue weighted by Crippen LogP contribution is 2.27. The van der Waals surface area contributed by atoms with E-state index >= 15 is 0 Å². The van der Waals surface area contributed by atoms with Gasteiger partial charge in [-0.15, -0.1) is 0 Å². The molecule has 2 atom stereocenters. The molecule has 3 rings (SSSR count). The number of benzene rings is 1. The second-order valence-corrected chi connectivity index (χ2v) is 8.03. The summed E-state index contributed by atoms with van der Waals surface area (Å²) in [6, 6.07) is 6.58. The largest absolute Gasteiger partial charge is 0.469 e. The fourth-order valence-corrected chi connectivity index (χ4v) is 4.28. The second-order valence-electron chi connectivity index (χ2n) is 7.62. The van der Waals surface area contributed by atoms with Crippen LogP contribution in [0.2, 0.25) is 5.02 Å². The third-order valence-corrected chi connectivity index (χ3v) is 5.98. The Morgan fingerprint density at radius 2 is 1.83 bits per heavy atom. The van der Waals surface area contributed by atoms with E-state index in [0.29, 0.717) is 30.1 Å². The van der Waals surface area contributed by atoms with Gasteiger partial charge in [0.15, 0.2) is 0 Å². The Bertz CT molecular complexity index is 751. The first-order valence-electron chi connectivity index (χ1n) is 10.1. The van der Waals surface area contributed by atoms with Crippen LogP contribution >= 0.6 is 11.6 Å². The van der Waals surface area contributed by atoms with Gasteiger partial charge in [0, 0.05) is 31.2 Å². The Labute approximate surface area is 176 Å². The van der Waals surface area contributed by atoms with Crippen molar-refractivity contribution < 1.29 is 19.1 Å². The molecule has 158 valence electrons. The molecule has 7 nitrogen and oxygen atoms in total. The zero-order valence-electron chi connectivity index (χ0n) is 16.7. The average Bonchev–Trinajstić information content (AvgIpc) is 3.28. The van der Waals surface area contributed by atoms with Gasteiger partial charge in [-0.2, -0.15) is 0 Å². The Kier molecular flexibility index (Phi) is 7.36. The molecular weight excluding hydrogens is 394 g/mol. The molecule has 3 amide bonds. The zero-order chi connectivity index (χ0) is 20.8. The first kappa shape index (κ1) is 21.4. The van der Waals surface area contributed by atoms with Crippen molar-refractivity contribution >= 4 is 29.5 Å². The van der Waals surface area contributed by atoms with Crippen molar-refractivity contribution in [1.29, 1.82) is 0 Å². The van der Waals surface area contributed by atoms with Gasteiger partial charge in [0.25, 0.3) is 0 Å². The average molecular weight is 422 g/mol. The van der Waals surface area contributed by atoms with E-state index in [4.69, 9.17) is 16.3 Å². The van der Waals surface area contributed by atoms with E-state index in [1.165, 1.54) is 7.11 Å². The SMILES string of the molecule is COC(=O)CC(NC(=O)C1CCCN(C(=O)N2CCCC2)C1)c1ccccc1Cl. The number of urea groups is 1. The lowest BCUT2D eigenvalue weighted by molar-refractivity contribution is -0.141. The molecule has 2 heterocycles. The summed E-state index contributed by atoms with van der Waals surface area (Å²) in [4.78, 5) is 41.2. The van der Waals surface area contributed by atoms with Crippen molar-refractivity contribution in [3.63, 3.8) is 0 Å². The highest BCUT2D eigenvalue weighted by Gasteiger charge is 2.33. The summed E-state index contributed by atoms with van der Waals surface area (Å²) >= 11 is 6.29. The number of hydrogen-bond donors (Lipinski definition) is 1. The highest BCUT2D eigenvalue weighted by molar-refractivity contribution is 6.31. The molecular formula is C21H28ClN3O4. The number of rotatable bonds is 5. The number of amides is 3. The van der Waals surface area contributed by atoms with Gasteiger partial charge in [0.2, 0.25) is 5.91 Å². The molecule has 1 aromatic rings. The molecule has 0 radical (unpaired) electrons. The van der Waals surface area contributed by atoms with Crippen LogP contribution in [0.15, 0.2) is 24.3 Å². The monoisotopic (exact) mass is 421 g/mol. The summed E-state index contributed by atoms with van der Waals surface area (Å²) in [5.74, 6) is -0.902. The van der Waals surface area contributed by atoms with E-state index < -0.39 is 12.0 Å². The quantitative estimate of drug-likeness (QED) is 0.741. The summed E-state index contributed by atoms with van der Waals surface area (Å²) in [6.07, 6.45) is 3.57. The molecule has 2 aliphatic rings. The first-order chi connectivity index (χ1) is 14.0. The Morgan fingerprint density at radius 1 is 1.14 bits per heavy atom. The summed E-state index contributed by atoms with van der Waals surface area (Å²) < 4.78 is 4.78. The number of carbonyl (C=O) groups is 3. The van der Waals surface area contributed by atoms with Crippen molar-refractivity contribution in [1.82, 2.24) is 15.1 Å². The van der Waals surface area contributed by atoms with Crippen molar-refractivity contribution in [2.24, 2.45) is 5.92 Å². The summed E-state index contributed by atoms with van der Waals surface area (Å²) in [6.45, 7) is 2.66. The number of halogens is 1. The van der Waals surface area contributed by atoms with Gasteiger partial charge in [0.05, 0.1) is 25.5 Å². The fraction of sp³-hybridized carbons (Fsp3) is 0.571. The summed E-state index contributed by atoms with van der Waals surface area (Å²) in [5, 5.41) is 3.44. The molecule has 8 heteroatoms. The molecule has 2 aliphatic heterocycles. The van der Waals surface area contributed by atoms with Crippen LogP contribution in [0.5, 0.6) is 0 Å². The normalized spacial score (nSPS) is 20.3. The van der Waals surface area contributed by atoms with E-state index in [1.807, 2.05) is 11.0 Å². The minimum atomic E-state index is -0.576. The highest BCUT2D eigenvalue weighted by atomic mass is 35.5. The molecule has 0 spiro atoms. The van der Waals surface area contributed by atoms with E-state index in [9.17, 15) is 14.4 Å². The number of methoxy groups -OCH3 is 1. The number of nitrogens with one attached hydrogen (secondary N) is 1. The van der Waals surface area contributed by atoms with E-state index in [-0.39, 0.29) is 24.3 Å². The van der Waals surface area contributed by atoms with Crippen molar-refractivity contribution in [3.8, 4) is 0 Å². The number of nitrogens with zero attached hydrogens (tertiary/aromatic N) is 2. The molecule has 1 aromatic carbocycles. The maximum Gasteiger partial charge on any atom is 0.320 e. The minimum Gasteiger partial charge on any atom is -0.469 e. The number of ether oxygens (including phenoxy) is 1. The molecule has 0 bridgehead atoms. The van der Waals surface area contributed by atoms with Crippen LogP contribution in [-0.4, -0.2) is 61.0 Å². The minimum absolute atomic E-state index is 0.00485. The second kappa shape index (κ2) is 9.96. The van der Waals surface area contributed by atoms with Crippen LogP contribution in [0, 0.1) is 5.92 Å². The predicted octanol–water partition coefficient (Wildman–Crippen LogP) is 2.99. The van der Waals surface area contributed by atoms with Gasteiger partial charge in [0.1, 0.15) is 0 Å². The number of hydrogen-bond acceptors (Lipinski definition) is 4. The topological polar surface area (TPSA) is 79.0 Å². The number of likely N-dealkylation sites (tertiary alicyclic amines) is 2. The molecule has 0 aliphatic carbocycles. The number of esters is 1. The van der Waals surface area contributed by atoms with Gasteiger partial charge in [-0.1, -0.05) is 29.8 Å². The van der Waals surface area contributed by atoms with Gasteiger partial charge in [-0.25, -0.2) is 4.79 Å². The zero-order valence-corrected chi connectivity index (χ0v) is 17.5. The molecule has 2 unspecified atom stereocenters. The molecule has 29 heavy (non-hydrogen) atoms. The summed E-state index contributed by atoms with van der Waals surface area (Å²) in [7, 11) is 1.32. The van der Waals surface area contributed by atoms with Crippen LogP contribution < -0.4 is 5.32 Å². The van der Waals surface area contributed by atoms with E-state index in [1.54, 1.807) is 23.1 Å². The third-order valence-electron chi connectivity index (χ3n) is 5.63. The standard InChI is InChI=1S/C21H28ClN3O4/c1-29-19(26)13-18(16-8-2-3-9-17(16)22)23-20(27)15-7-6-12-25(14-15)21(28)24-10-4-5-11-24/h2-3,8-9,15,18H,4-7,10-14H2,1H3,(H,23,27). The molecule has 0 saturated carbocycles. The van der Waals surface area contributed by atoms with Crippen LogP contribution in [-0.2, 0) is 14.3 Å². The number of carbonyl (C=O) groups excluding carboxylic acids is 3. The van der Waals surface area contributed by atoms with Crippen LogP contribution in [0.4, 0.5) is 4.79 Å². The Hall–Kier alpha value is -2.28. The fourth-order valence-electron chi connectivity index (χ4n) is 4.01. The lowest BCUT2D eigenvalue weighted by atomic mass is 9.95. The molecule has 0 aromatic heterocycles. The first-order valence-corrected chi connectivity index (χ1v) is 10.5. The molecule has 2 saturated heterocycles. The van der Waals surface area contributed by atoms with Crippen molar-refractivity contribution in [3.05, 3.63) is 34.9 Å². The van der Waals surface area contributed by atoms with Gasteiger partial charge < -0.3 is 19.9 Å². The van der Waals surface area contributed by atoms with Gasteiger partial charge in [-0.05, 0) is 37.3 Å². The smallest absolute Gasteiger partial charge is 0.320 e. The summed E-state index contributed by atoms with van der Waals surface area (Å²) in [5.41, 5.74) is 0.675. The van der Waals surface area contributed by atoms with Crippen molar-refractivity contribution in [2.45, 2.75) is 38.1 Å². The predicted molar refractivity (Wildman–Crippen MR) is 109 cm³/mol. The number of piperidine rings is 1. The van der Waals surface area contributed by atoms with Gasteiger partial charge in [-0.3, -0.25) is 9.59 Å². The Morgan fingerprint density at radius 3 is 2.52 bits per heavy atom. The maximum atomic E-state index is 13.0. The van der Waals surface area contributed by atoms with Crippen molar-refractivity contribution in [2.75, 3.05) is 33.3 Å². The lowest BCUT2D eigenvalue weighted by Gasteiger charge is -2.35. The van der Waals surface area contributed by atoms with E-state index in [0.717, 1.165) is 32.4 Å². The molecule has 1 N–H and O–H groups in total. The van der Waals surface area contributed by atoms with Crippen LogP contribution in [0.1, 0.15) is 43.7 Å². The van der Waals surface area contributed by atoms with Crippen LogP contribution in [0.25, 0.3) is 0 Å². The maximum absolute atomic E-state index is 13.0. The van der Waals surface area contributed by atoms with Gasteiger partial charge >= 0.3 is 12.0 Å². The van der Waals surface area contributed by atoms with E-state index in [2.05, 4.69) is 5.32 Å². The third kappa shape index (κ3) is 5.41. The Balaban J connectivity index is 1.67. The molecule has 2 fully saturated rings. The van der Waals surface area contributed by atoms with Crippen LogP contribution in [0.3, 0.4) is 0 Å².